The zero-order valence-electron chi connectivity index (χ0n) is 19.3. The molecule has 180 valence electrons. The number of para-hydroxylation sites is 1. The van der Waals surface area contributed by atoms with Crippen LogP contribution in [0.2, 0.25) is 0 Å². The highest BCUT2D eigenvalue weighted by Crippen LogP contribution is 2.28. The predicted octanol–water partition coefficient (Wildman–Crippen LogP) is 5.68. The number of benzene rings is 3. The third-order valence-corrected chi connectivity index (χ3v) is 5.87. The van der Waals surface area contributed by atoms with Gasteiger partial charge in [-0.3, -0.25) is 9.36 Å². The number of nitrogens with zero attached hydrogens (tertiary/aromatic N) is 3. The molecule has 1 N–H and O–H groups in total. The first-order valence-corrected chi connectivity index (χ1v) is 12.1. The number of hydrogen-bond acceptors (Lipinski definition) is 6. The van der Waals surface area contributed by atoms with Gasteiger partial charge in [-0.2, -0.15) is 0 Å². The summed E-state index contributed by atoms with van der Waals surface area (Å²) in [6.07, 6.45) is -0.472. The first-order valence-electron chi connectivity index (χ1n) is 11.1. The average Bonchev–Trinajstić information content (AvgIpc) is 3.30. The van der Waals surface area contributed by atoms with Crippen molar-refractivity contribution in [3.8, 4) is 17.2 Å². The lowest BCUT2D eigenvalue weighted by Gasteiger charge is -2.16. The molecule has 4 aromatic rings. The van der Waals surface area contributed by atoms with Crippen molar-refractivity contribution >= 4 is 23.4 Å². The first-order chi connectivity index (χ1) is 17.0. The molecule has 3 aromatic carbocycles. The number of carbonyl (C=O) groups is 1. The van der Waals surface area contributed by atoms with Crippen LogP contribution in [0.1, 0.15) is 25.8 Å². The molecule has 1 unspecified atom stereocenters. The Kier molecular flexibility index (Phi) is 7.99. The van der Waals surface area contributed by atoms with E-state index in [0.717, 1.165) is 11.4 Å². The third-order valence-electron chi connectivity index (χ3n) is 4.94. The fraction of sp³-hybridized carbons (Fsp3) is 0.192. The maximum absolute atomic E-state index is 13.2. The summed E-state index contributed by atoms with van der Waals surface area (Å²) in [5, 5.41) is 12.1. The summed E-state index contributed by atoms with van der Waals surface area (Å²) in [7, 11) is 0. The Balaban J connectivity index is 1.48. The van der Waals surface area contributed by atoms with Crippen LogP contribution in [0.15, 0.2) is 84.0 Å². The van der Waals surface area contributed by atoms with Gasteiger partial charge in [0.2, 0.25) is 5.91 Å². The fourth-order valence-electron chi connectivity index (χ4n) is 3.36. The highest BCUT2D eigenvalue weighted by Gasteiger charge is 2.21. The molecule has 0 aliphatic heterocycles. The van der Waals surface area contributed by atoms with Gasteiger partial charge in [-0.25, -0.2) is 4.39 Å². The van der Waals surface area contributed by atoms with Crippen LogP contribution in [0.3, 0.4) is 0 Å². The summed E-state index contributed by atoms with van der Waals surface area (Å²) < 4.78 is 26.5. The molecular formula is C26H25FN4O3S. The van der Waals surface area contributed by atoms with Crippen molar-refractivity contribution in [2.45, 2.75) is 25.1 Å². The maximum Gasteiger partial charge on any atom is 0.234 e. The smallest absolute Gasteiger partial charge is 0.234 e. The molecule has 0 fully saturated rings. The Labute approximate surface area is 207 Å². The van der Waals surface area contributed by atoms with Crippen LogP contribution in [0.5, 0.6) is 11.5 Å². The second-order valence-electron chi connectivity index (χ2n) is 7.52. The minimum absolute atomic E-state index is 0.144. The van der Waals surface area contributed by atoms with E-state index in [0.29, 0.717) is 29.0 Å². The summed E-state index contributed by atoms with van der Waals surface area (Å²) >= 11 is 1.27. The summed E-state index contributed by atoms with van der Waals surface area (Å²) in [4.78, 5) is 12.6. The number of hydrogen-bond donors (Lipinski definition) is 1. The van der Waals surface area contributed by atoms with Crippen LogP contribution in [0.25, 0.3) is 5.69 Å². The molecule has 1 atom stereocenters. The van der Waals surface area contributed by atoms with E-state index in [1.807, 2.05) is 60.9 Å². The molecule has 4 rings (SSSR count). The zero-order chi connectivity index (χ0) is 24.6. The van der Waals surface area contributed by atoms with E-state index in [2.05, 4.69) is 15.5 Å². The lowest BCUT2D eigenvalue weighted by atomic mass is 10.3. The summed E-state index contributed by atoms with van der Waals surface area (Å²) in [5.41, 5.74) is 1.53. The summed E-state index contributed by atoms with van der Waals surface area (Å²) in [5.74, 6) is 1.48. The third kappa shape index (κ3) is 6.39. The Morgan fingerprint density at radius 2 is 1.69 bits per heavy atom. The van der Waals surface area contributed by atoms with Gasteiger partial charge in [0.1, 0.15) is 17.3 Å². The Morgan fingerprint density at radius 3 is 2.37 bits per heavy atom. The van der Waals surface area contributed by atoms with Gasteiger partial charge in [-0.05, 0) is 74.5 Å². The van der Waals surface area contributed by atoms with Crippen LogP contribution in [0.4, 0.5) is 10.1 Å². The number of anilines is 1. The van der Waals surface area contributed by atoms with E-state index in [1.165, 1.54) is 23.9 Å². The number of halogens is 1. The molecule has 1 heterocycles. The minimum Gasteiger partial charge on any atom is -0.494 e. The number of amides is 1. The van der Waals surface area contributed by atoms with Crippen molar-refractivity contribution in [3.63, 3.8) is 0 Å². The van der Waals surface area contributed by atoms with Gasteiger partial charge >= 0.3 is 0 Å². The number of aromatic nitrogens is 3. The Hall–Kier alpha value is -3.85. The van der Waals surface area contributed by atoms with E-state index in [1.54, 1.807) is 24.3 Å². The molecular weight excluding hydrogens is 467 g/mol. The van der Waals surface area contributed by atoms with Gasteiger partial charge in [0, 0.05) is 11.4 Å². The second-order valence-corrected chi connectivity index (χ2v) is 8.46. The molecule has 0 spiro atoms. The molecule has 1 aromatic heterocycles. The SMILES string of the molecule is CCOc1ccc(NC(=O)CSc2nnc(C(C)Oc3ccc(F)cc3)n2-c2ccccc2)cc1. The van der Waals surface area contributed by atoms with E-state index >= 15 is 0 Å². The zero-order valence-corrected chi connectivity index (χ0v) is 20.2. The number of ether oxygens (including phenoxy) is 2. The quantitative estimate of drug-likeness (QED) is 0.287. The van der Waals surface area contributed by atoms with Crippen LogP contribution in [-0.4, -0.2) is 33.0 Å². The van der Waals surface area contributed by atoms with Crippen molar-refractivity contribution in [3.05, 3.63) is 90.5 Å². The highest BCUT2D eigenvalue weighted by molar-refractivity contribution is 7.99. The van der Waals surface area contributed by atoms with Gasteiger partial charge < -0.3 is 14.8 Å². The van der Waals surface area contributed by atoms with Crippen molar-refractivity contribution in [2.75, 3.05) is 17.7 Å². The normalized spacial score (nSPS) is 11.6. The van der Waals surface area contributed by atoms with Crippen molar-refractivity contribution < 1.29 is 18.7 Å². The average molecular weight is 493 g/mol. The molecule has 0 radical (unpaired) electrons. The molecule has 9 heteroatoms. The monoisotopic (exact) mass is 492 g/mol. The molecule has 7 nitrogen and oxygen atoms in total. The number of rotatable bonds is 10. The predicted molar refractivity (Wildman–Crippen MR) is 134 cm³/mol. The van der Waals surface area contributed by atoms with Gasteiger partial charge in [0.15, 0.2) is 17.1 Å². The molecule has 0 saturated heterocycles. The molecule has 0 aliphatic carbocycles. The number of carbonyl (C=O) groups excluding carboxylic acids is 1. The largest absolute Gasteiger partial charge is 0.494 e. The van der Waals surface area contributed by atoms with Crippen LogP contribution < -0.4 is 14.8 Å². The van der Waals surface area contributed by atoms with E-state index in [4.69, 9.17) is 9.47 Å². The van der Waals surface area contributed by atoms with Crippen molar-refractivity contribution in [2.24, 2.45) is 0 Å². The molecule has 0 bridgehead atoms. The lowest BCUT2D eigenvalue weighted by molar-refractivity contribution is -0.113. The number of nitrogens with one attached hydrogen (secondary N) is 1. The molecule has 0 saturated carbocycles. The second kappa shape index (κ2) is 11.5. The lowest BCUT2D eigenvalue weighted by Crippen LogP contribution is -2.15. The van der Waals surface area contributed by atoms with Crippen molar-refractivity contribution in [1.82, 2.24) is 14.8 Å². The standard InChI is InChI=1S/C26H25FN4O3S/c1-3-33-22-15-11-20(12-16-22)28-24(32)17-35-26-30-29-25(31(26)21-7-5-4-6-8-21)18(2)34-23-13-9-19(27)10-14-23/h4-16,18H,3,17H2,1-2H3,(H,28,32). The molecule has 1 amide bonds. The van der Waals surface area contributed by atoms with Gasteiger partial charge in [-0.15, -0.1) is 10.2 Å². The van der Waals surface area contributed by atoms with E-state index in [-0.39, 0.29) is 17.5 Å². The van der Waals surface area contributed by atoms with E-state index in [9.17, 15) is 9.18 Å². The van der Waals surface area contributed by atoms with Crippen LogP contribution in [-0.2, 0) is 4.79 Å². The van der Waals surface area contributed by atoms with Crippen LogP contribution in [0, 0.1) is 5.82 Å². The molecule has 35 heavy (non-hydrogen) atoms. The minimum atomic E-state index is -0.472. The maximum atomic E-state index is 13.2. The number of thioether (sulfide) groups is 1. The highest BCUT2D eigenvalue weighted by atomic mass is 32.2. The Morgan fingerprint density at radius 1 is 1.00 bits per heavy atom. The van der Waals surface area contributed by atoms with Crippen molar-refractivity contribution in [1.29, 1.82) is 0 Å². The van der Waals surface area contributed by atoms with Crippen LogP contribution >= 0.6 is 11.8 Å². The summed E-state index contributed by atoms with van der Waals surface area (Å²) in [6.45, 7) is 4.35. The first kappa shape index (κ1) is 24.3. The molecule has 0 aliphatic rings. The fourth-order valence-corrected chi connectivity index (χ4v) is 4.12. The van der Waals surface area contributed by atoms with Gasteiger partial charge in [-0.1, -0.05) is 30.0 Å². The van der Waals surface area contributed by atoms with Gasteiger partial charge in [0.25, 0.3) is 0 Å². The van der Waals surface area contributed by atoms with E-state index < -0.39 is 6.10 Å². The summed E-state index contributed by atoms with van der Waals surface area (Å²) in [6, 6.07) is 22.6. The Bertz CT molecular complexity index is 1250. The topological polar surface area (TPSA) is 78.3 Å². The van der Waals surface area contributed by atoms with Gasteiger partial charge in [0.05, 0.1) is 12.4 Å².